The minimum Gasteiger partial charge on any atom is -0.323 e. The lowest BCUT2D eigenvalue weighted by Crippen LogP contribution is -2.32. The van der Waals surface area contributed by atoms with E-state index in [1.807, 2.05) is 19.1 Å². The highest BCUT2D eigenvalue weighted by molar-refractivity contribution is 5.95. The molecule has 1 fully saturated rings. The van der Waals surface area contributed by atoms with E-state index in [-0.39, 0.29) is 12.3 Å². The molecule has 2 nitrogen and oxygen atoms in total. The van der Waals surface area contributed by atoms with Crippen LogP contribution in [-0.2, 0) is 23.8 Å². The van der Waals surface area contributed by atoms with Crippen molar-refractivity contribution < 1.29 is 26.7 Å². The maximum atomic E-state index is 14.4. The lowest BCUT2D eigenvalue weighted by molar-refractivity contribution is -0.137. The average molecular weight is 496 g/mol. The summed E-state index contributed by atoms with van der Waals surface area (Å²) >= 11 is 0. The standard InChI is InChI=1S/C28H34F5NO/c1-2-3-9-24(29)26(30)27(35)34-25-17-14-20(18-23(25)21-7-5-4-6-8-21)11-10-19-12-15-22(16-13-19)28(31,32)33/h12-18,21,24,26H,2-11H2,1H3,(H,34,35)/t24-,26+/m1/s1. The number of aryl methyl sites for hydroxylation is 2. The van der Waals surface area contributed by atoms with Crippen molar-refractivity contribution in [3.05, 3.63) is 64.7 Å². The fourth-order valence-corrected chi connectivity index (χ4v) is 4.69. The SMILES string of the molecule is CCCC[C@@H](F)[C@H](F)C(=O)Nc1ccc(CCc2ccc(C(F)(F)F)cc2)cc1C1CCCCC1. The molecular weight excluding hydrogens is 461 g/mol. The Bertz CT molecular complexity index is 951. The number of rotatable bonds is 10. The summed E-state index contributed by atoms with van der Waals surface area (Å²) in [7, 11) is 0. The topological polar surface area (TPSA) is 29.1 Å². The molecule has 0 aliphatic heterocycles. The van der Waals surface area contributed by atoms with Crippen molar-refractivity contribution >= 4 is 11.6 Å². The van der Waals surface area contributed by atoms with Gasteiger partial charge in [0, 0.05) is 5.69 Å². The summed E-state index contributed by atoms with van der Waals surface area (Å²) < 4.78 is 66.9. The molecule has 0 radical (unpaired) electrons. The van der Waals surface area contributed by atoms with Crippen LogP contribution in [0, 0.1) is 0 Å². The molecule has 1 saturated carbocycles. The number of hydrogen-bond acceptors (Lipinski definition) is 1. The van der Waals surface area contributed by atoms with E-state index in [2.05, 4.69) is 5.32 Å². The Hall–Kier alpha value is -2.44. The van der Waals surface area contributed by atoms with Crippen LogP contribution in [0.5, 0.6) is 0 Å². The summed E-state index contributed by atoms with van der Waals surface area (Å²) in [6, 6.07) is 10.8. The molecule has 0 spiro atoms. The molecule has 7 heteroatoms. The third-order valence-corrected chi connectivity index (χ3v) is 6.80. The minimum atomic E-state index is -4.36. The van der Waals surface area contributed by atoms with Crippen LogP contribution in [0.25, 0.3) is 0 Å². The number of unbranched alkanes of at least 4 members (excludes halogenated alkanes) is 1. The summed E-state index contributed by atoms with van der Waals surface area (Å²) in [6.45, 7) is 1.88. The Balaban J connectivity index is 1.73. The first-order valence-corrected chi connectivity index (χ1v) is 12.6. The van der Waals surface area contributed by atoms with Gasteiger partial charge >= 0.3 is 6.18 Å². The second-order valence-corrected chi connectivity index (χ2v) is 9.50. The molecule has 1 amide bonds. The van der Waals surface area contributed by atoms with Gasteiger partial charge in [-0.15, -0.1) is 0 Å². The second kappa shape index (κ2) is 12.5. The highest BCUT2D eigenvalue weighted by atomic mass is 19.4. The van der Waals surface area contributed by atoms with Crippen LogP contribution in [0.2, 0.25) is 0 Å². The Kier molecular flexibility index (Phi) is 9.70. The fourth-order valence-electron chi connectivity index (χ4n) is 4.69. The number of alkyl halides is 5. The van der Waals surface area contributed by atoms with E-state index >= 15 is 0 Å². The summed E-state index contributed by atoms with van der Waals surface area (Å²) in [5.74, 6) is -0.729. The van der Waals surface area contributed by atoms with Crippen molar-refractivity contribution in [3.63, 3.8) is 0 Å². The molecule has 192 valence electrons. The number of carbonyl (C=O) groups excluding carboxylic acids is 1. The first-order valence-electron chi connectivity index (χ1n) is 12.6. The Morgan fingerprint density at radius 2 is 1.60 bits per heavy atom. The monoisotopic (exact) mass is 495 g/mol. The fraction of sp³-hybridized carbons (Fsp3) is 0.536. The van der Waals surface area contributed by atoms with E-state index < -0.39 is 30.0 Å². The van der Waals surface area contributed by atoms with Crippen LogP contribution >= 0.6 is 0 Å². The third-order valence-electron chi connectivity index (χ3n) is 6.80. The summed E-state index contributed by atoms with van der Waals surface area (Å²) in [6.07, 6.45) is -0.699. The molecule has 3 rings (SSSR count). The number of hydrogen-bond donors (Lipinski definition) is 1. The van der Waals surface area contributed by atoms with Gasteiger partial charge in [-0.2, -0.15) is 13.2 Å². The highest BCUT2D eigenvalue weighted by Gasteiger charge is 2.30. The summed E-state index contributed by atoms with van der Waals surface area (Å²) in [5, 5.41) is 2.63. The molecule has 0 saturated heterocycles. The van der Waals surface area contributed by atoms with Gasteiger partial charge in [0.15, 0.2) is 0 Å². The van der Waals surface area contributed by atoms with Crippen LogP contribution in [0.1, 0.15) is 86.5 Å². The maximum Gasteiger partial charge on any atom is 0.416 e. The van der Waals surface area contributed by atoms with Crippen LogP contribution in [0.3, 0.4) is 0 Å². The first-order chi connectivity index (χ1) is 16.7. The van der Waals surface area contributed by atoms with Crippen molar-refractivity contribution in [2.75, 3.05) is 5.32 Å². The van der Waals surface area contributed by atoms with Crippen molar-refractivity contribution in [2.24, 2.45) is 0 Å². The van der Waals surface area contributed by atoms with Gasteiger partial charge in [0.25, 0.3) is 5.91 Å². The molecule has 2 atom stereocenters. The molecular formula is C28H34F5NO. The molecule has 0 bridgehead atoms. The van der Waals surface area contributed by atoms with Gasteiger partial charge in [0.05, 0.1) is 5.56 Å². The lowest BCUT2D eigenvalue weighted by Gasteiger charge is -2.25. The Morgan fingerprint density at radius 1 is 0.971 bits per heavy atom. The highest BCUT2D eigenvalue weighted by Crippen LogP contribution is 2.37. The lowest BCUT2D eigenvalue weighted by atomic mass is 9.82. The largest absolute Gasteiger partial charge is 0.416 e. The van der Waals surface area contributed by atoms with Crippen LogP contribution in [-0.4, -0.2) is 18.3 Å². The van der Waals surface area contributed by atoms with Gasteiger partial charge in [-0.05, 0) is 72.9 Å². The predicted octanol–water partition coefficient (Wildman–Crippen LogP) is 8.34. The first kappa shape index (κ1) is 27.2. The zero-order chi connectivity index (χ0) is 25.4. The van der Waals surface area contributed by atoms with Gasteiger partial charge in [-0.25, -0.2) is 8.78 Å². The van der Waals surface area contributed by atoms with Crippen LogP contribution in [0.4, 0.5) is 27.6 Å². The van der Waals surface area contributed by atoms with Gasteiger partial charge in [-0.1, -0.05) is 63.3 Å². The number of nitrogens with one attached hydrogen (secondary N) is 1. The van der Waals surface area contributed by atoms with Crippen molar-refractivity contribution in [1.29, 1.82) is 0 Å². The Labute approximate surface area is 204 Å². The summed E-state index contributed by atoms with van der Waals surface area (Å²) in [4.78, 5) is 12.4. The number of halogens is 5. The average Bonchev–Trinajstić information content (AvgIpc) is 2.86. The van der Waals surface area contributed by atoms with Crippen molar-refractivity contribution in [3.8, 4) is 0 Å². The molecule has 0 unspecified atom stereocenters. The van der Waals surface area contributed by atoms with E-state index in [1.54, 1.807) is 6.07 Å². The summed E-state index contributed by atoms with van der Waals surface area (Å²) in [5.41, 5.74) is 2.57. The maximum absolute atomic E-state index is 14.4. The number of anilines is 1. The van der Waals surface area contributed by atoms with Gasteiger partial charge in [0.2, 0.25) is 6.17 Å². The molecule has 35 heavy (non-hydrogen) atoms. The van der Waals surface area contributed by atoms with Gasteiger partial charge in [0.1, 0.15) is 6.17 Å². The van der Waals surface area contributed by atoms with E-state index in [0.717, 1.165) is 67.3 Å². The molecule has 0 aromatic heterocycles. The minimum absolute atomic E-state index is 0.0173. The smallest absolute Gasteiger partial charge is 0.323 e. The van der Waals surface area contributed by atoms with E-state index in [9.17, 15) is 26.7 Å². The zero-order valence-electron chi connectivity index (χ0n) is 20.1. The van der Waals surface area contributed by atoms with Gasteiger partial charge < -0.3 is 5.32 Å². The molecule has 1 N–H and O–H groups in total. The molecule has 1 aliphatic rings. The predicted molar refractivity (Wildman–Crippen MR) is 129 cm³/mol. The number of carbonyl (C=O) groups is 1. The van der Waals surface area contributed by atoms with Crippen molar-refractivity contribution in [1.82, 2.24) is 0 Å². The van der Waals surface area contributed by atoms with Crippen LogP contribution < -0.4 is 5.32 Å². The van der Waals surface area contributed by atoms with E-state index in [4.69, 9.17) is 0 Å². The Morgan fingerprint density at radius 3 is 2.23 bits per heavy atom. The molecule has 0 heterocycles. The molecule has 2 aromatic carbocycles. The molecule has 2 aromatic rings. The number of benzene rings is 2. The quantitative estimate of drug-likeness (QED) is 0.330. The van der Waals surface area contributed by atoms with Crippen molar-refractivity contribution in [2.45, 2.75) is 95.6 Å². The number of amides is 1. The van der Waals surface area contributed by atoms with Crippen LogP contribution in [0.15, 0.2) is 42.5 Å². The van der Waals surface area contributed by atoms with E-state index in [0.29, 0.717) is 24.9 Å². The molecule has 1 aliphatic carbocycles. The third kappa shape index (κ3) is 7.77. The van der Waals surface area contributed by atoms with Gasteiger partial charge in [-0.3, -0.25) is 4.79 Å². The normalized spacial score (nSPS) is 16.6. The zero-order valence-corrected chi connectivity index (χ0v) is 20.1. The van der Waals surface area contributed by atoms with E-state index in [1.165, 1.54) is 12.1 Å². The second-order valence-electron chi connectivity index (χ2n) is 9.50.